The van der Waals surface area contributed by atoms with Crippen molar-refractivity contribution in [2.45, 2.75) is 12.5 Å². The van der Waals surface area contributed by atoms with Gasteiger partial charge in [-0.05, 0) is 31.1 Å². The van der Waals surface area contributed by atoms with E-state index < -0.39 is 5.60 Å². The van der Waals surface area contributed by atoms with Crippen LogP contribution in [-0.4, -0.2) is 19.5 Å². The topological polar surface area (TPSA) is 51.5 Å². The molecule has 5 heteroatoms. The van der Waals surface area contributed by atoms with Crippen LogP contribution in [0.2, 0.25) is 0 Å². The summed E-state index contributed by atoms with van der Waals surface area (Å²) in [7, 11) is 0. The third kappa shape index (κ3) is 2.33. The Balaban J connectivity index is 2.36. The largest absolute Gasteiger partial charge is 0.486 e. The van der Waals surface area contributed by atoms with Crippen molar-refractivity contribution in [3.8, 4) is 17.6 Å². The van der Waals surface area contributed by atoms with Crippen LogP contribution in [0.25, 0.3) is 0 Å². The van der Waals surface area contributed by atoms with Crippen LogP contribution in [0.15, 0.2) is 18.2 Å². The highest BCUT2D eigenvalue weighted by atomic mass is 32.2. The molecule has 0 N–H and O–H groups in total. The van der Waals surface area contributed by atoms with Crippen LogP contribution in [0.1, 0.15) is 12.5 Å². The number of fused-ring (bicyclic) bond motifs is 1. The maximum atomic E-state index is 9.21. The average molecular weight is 251 g/mol. The number of hydrogen-bond acceptors (Lipinski definition) is 5. The Kier molecular flexibility index (Phi) is 3.46. The summed E-state index contributed by atoms with van der Waals surface area (Å²) >= 11 is 1.17. The first-order valence-electron chi connectivity index (χ1n) is 5.23. The van der Waals surface area contributed by atoms with Gasteiger partial charge in [0.05, 0.1) is 0 Å². The van der Waals surface area contributed by atoms with Crippen molar-refractivity contribution in [3.05, 3.63) is 23.8 Å². The normalized spacial score (nSPS) is 17.0. The second-order valence-corrected chi connectivity index (χ2v) is 4.25. The Bertz CT molecular complexity index is 458. The number of benzene rings is 1. The highest BCUT2D eigenvalue weighted by Crippen LogP contribution is 2.36. The van der Waals surface area contributed by atoms with E-state index in [9.17, 15) is 5.26 Å². The second kappa shape index (κ2) is 4.86. The van der Waals surface area contributed by atoms with Crippen molar-refractivity contribution >= 4 is 12.0 Å². The molecule has 1 unspecified atom stereocenters. The first-order chi connectivity index (χ1) is 8.19. The standard InChI is InChI=1S/C12H13NO3S/c1-12(8-13,16-17-2)9-3-4-10-11(7-9)15-6-5-14-10/h3-4,7H,5-6H2,1-2H3. The molecule has 4 nitrogen and oxygen atoms in total. The quantitative estimate of drug-likeness (QED) is 0.772. The Hall–Kier alpha value is -1.38. The molecule has 1 aromatic rings. The fourth-order valence-corrected chi connectivity index (χ4v) is 2.10. The zero-order valence-electron chi connectivity index (χ0n) is 9.73. The van der Waals surface area contributed by atoms with Crippen LogP contribution in [0, 0.1) is 11.3 Å². The van der Waals surface area contributed by atoms with E-state index >= 15 is 0 Å². The first-order valence-corrected chi connectivity index (χ1v) is 6.38. The predicted molar refractivity (Wildman–Crippen MR) is 65.0 cm³/mol. The molecule has 0 spiro atoms. The van der Waals surface area contributed by atoms with Crippen molar-refractivity contribution in [1.29, 1.82) is 5.26 Å². The summed E-state index contributed by atoms with van der Waals surface area (Å²) in [5.41, 5.74) is -0.214. The molecule has 1 aromatic carbocycles. The van der Waals surface area contributed by atoms with Gasteiger partial charge < -0.3 is 9.47 Å². The van der Waals surface area contributed by atoms with Gasteiger partial charge in [0.15, 0.2) is 17.1 Å². The van der Waals surface area contributed by atoms with Gasteiger partial charge in [-0.2, -0.15) is 5.26 Å². The van der Waals surface area contributed by atoms with E-state index in [1.54, 1.807) is 19.2 Å². The molecule has 0 aromatic heterocycles. The smallest absolute Gasteiger partial charge is 0.190 e. The summed E-state index contributed by atoms with van der Waals surface area (Å²) in [6.45, 7) is 2.82. The molecule has 17 heavy (non-hydrogen) atoms. The summed E-state index contributed by atoms with van der Waals surface area (Å²) in [5.74, 6) is 1.38. The van der Waals surface area contributed by atoms with E-state index in [2.05, 4.69) is 6.07 Å². The molecule has 1 aliphatic heterocycles. The van der Waals surface area contributed by atoms with Gasteiger partial charge in [-0.1, -0.05) is 6.07 Å². The lowest BCUT2D eigenvalue weighted by Crippen LogP contribution is -2.22. The Morgan fingerprint density at radius 2 is 2.06 bits per heavy atom. The lowest BCUT2D eigenvalue weighted by molar-refractivity contribution is 0.166. The Morgan fingerprint density at radius 3 is 2.71 bits per heavy atom. The monoisotopic (exact) mass is 251 g/mol. The Morgan fingerprint density at radius 1 is 1.35 bits per heavy atom. The molecule has 0 saturated carbocycles. The zero-order valence-corrected chi connectivity index (χ0v) is 10.5. The lowest BCUT2D eigenvalue weighted by atomic mass is 9.97. The summed E-state index contributed by atoms with van der Waals surface area (Å²) in [6, 6.07) is 7.60. The van der Waals surface area contributed by atoms with Gasteiger partial charge in [-0.3, -0.25) is 4.18 Å². The van der Waals surface area contributed by atoms with Gasteiger partial charge in [0.2, 0.25) is 0 Å². The van der Waals surface area contributed by atoms with Gasteiger partial charge in [0.25, 0.3) is 0 Å². The van der Waals surface area contributed by atoms with Crippen LogP contribution in [0.4, 0.5) is 0 Å². The fraction of sp³-hybridized carbons (Fsp3) is 0.417. The molecule has 90 valence electrons. The molecule has 0 radical (unpaired) electrons. The molecule has 1 atom stereocenters. The van der Waals surface area contributed by atoms with E-state index in [-0.39, 0.29) is 0 Å². The van der Waals surface area contributed by atoms with Crippen molar-refractivity contribution < 1.29 is 13.7 Å². The summed E-state index contributed by atoms with van der Waals surface area (Å²) in [6.07, 6.45) is 1.79. The maximum Gasteiger partial charge on any atom is 0.190 e. The molecule has 2 rings (SSSR count). The van der Waals surface area contributed by atoms with Crippen molar-refractivity contribution in [1.82, 2.24) is 0 Å². The van der Waals surface area contributed by atoms with Crippen molar-refractivity contribution in [2.75, 3.05) is 19.5 Å². The maximum absolute atomic E-state index is 9.21. The van der Waals surface area contributed by atoms with Crippen molar-refractivity contribution in [3.63, 3.8) is 0 Å². The molecule has 0 bridgehead atoms. The predicted octanol–water partition coefficient (Wildman–Crippen LogP) is 2.49. The molecular formula is C12H13NO3S. The van der Waals surface area contributed by atoms with Gasteiger partial charge in [-0.15, -0.1) is 0 Å². The average Bonchev–Trinajstić information content (AvgIpc) is 2.38. The van der Waals surface area contributed by atoms with E-state index in [0.29, 0.717) is 24.7 Å². The SMILES string of the molecule is CSOC(C)(C#N)c1ccc2c(c1)OCCO2. The molecular weight excluding hydrogens is 238 g/mol. The third-order valence-electron chi connectivity index (χ3n) is 2.56. The number of ether oxygens (including phenoxy) is 2. The first kappa shape index (κ1) is 12.1. The number of nitriles is 1. The van der Waals surface area contributed by atoms with Gasteiger partial charge in [0.1, 0.15) is 19.3 Å². The minimum Gasteiger partial charge on any atom is -0.486 e. The van der Waals surface area contributed by atoms with Crippen LogP contribution in [-0.2, 0) is 9.78 Å². The number of rotatable bonds is 3. The second-order valence-electron chi connectivity index (χ2n) is 3.75. The summed E-state index contributed by atoms with van der Waals surface area (Å²) < 4.78 is 16.3. The van der Waals surface area contributed by atoms with Crippen LogP contribution in [0.3, 0.4) is 0 Å². The van der Waals surface area contributed by atoms with Crippen LogP contribution in [0.5, 0.6) is 11.5 Å². The van der Waals surface area contributed by atoms with Gasteiger partial charge >= 0.3 is 0 Å². The highest BCUT2D eigenvalue weighted by Gasteiger charge is 2.29. The zero-order chi connectivity index (χ0) is 12.3. The molecule has 1 aliphatic rings. The van der Waals surface area contributed by atoms with Gasteiger partial charge in [0, 0.05) is 11.8 Å². The Labute approximate surface area is 105 Å². The summed E-state index contributed by atoms with van der Waals surface area (Å²) in [5, 5.41) is 9.21. The summed E-state index contributed by atoms with van der Waals surface area (Å²) in [4.78, 5) is 0. The van der Waals surface area contributed by atoms with E-state index in [1.807, 2.05) is 12.1 Å². The highest BCUT2D eigenvalue weighted by molar-refractivity contribution is 7.93. The minimum absolute atomic E-state index is 0.531. The van der Waals surface area contributed by atoms with Gasteiger partial charge in [-0.25, -0.2) is 0 Å². The number of hydrogen-bond donors (Lipinski definition) is 0. The fourth-order valence-electron chi connectivity index (χ4n) is 1.64. The molecule has 0 amide bonds. The molecule has 0 saturated heterocycles. The number of nitrogens with zero attached hydrogens (tertiary/aromatic N) is 1. The van der Waals surface area contributed by atoms with E-state index in [1.165, 1.54) is 12.0 Å². The third-order valence-corrected chi connectivity index (χ3v) is 3.06. The van der Waals surface area contributed by atoms with Crippen LogP contribution >= 0.6 is 12.0 Å². The van der Waals surface area contributed by atoms with E-state index in [4.69, 9.17) is 13.7 Å². The minimum atomic E-state index is -0.977. The lowest BCUT2D eigenvalue weighted by Gasteiger charge is -2.24. The molecule has 1 heterocycles. The molecule has 0 aliphatic carbocycles. The van der Waals surface area contributed by atoms with Crippen molar-refractivity contribution in [2.24, 2.45) is 0 Å². The van der Waals surface area contributed by atoms with E-state index in [0.717, 1.165) is 5.56 Å². The van der Waals surface area contributed by atoms with Crippen LogP contribution < -0.4 is 9.47 Å². The molecule has 0 fully saturated rings.